The molecule has 8 heteroatoms. The van der Waals surface area contributed by atoms with Crippen molar-refractivity contribution in [3.63, 3.8) is 0 Å². The smallest absolute Gasteiger partial charge is 0.407 e. The van der Waals surface area contributed by atoms with Gasteiger partial charge in [0.15, 0.2) is 18.1 Å². The van der Waals surface area contributed by atoms with Crippen LogP contribution in [-0.2, 0) is 11.3 Å². The molecular weight excluding hydrogens is 278 g/mol. The average Bonchev–Trinajstić information content (AvgIpc) is 3.04. The van der Waals surface area contributed by atoms with Crippen LogP contribution in [0.1, 0.15) is 35.5 Å². The van der Waals surface area contributed by atoms with Crippen molar-refractivity contribution in [2.45, 2.75) is 31.9 Å². The van der Waals surface area contributed by atoms with E-state index >= 15 is 0 Å². The number of aromatic carboxylic acids is 1. The Labute approximate surface area is 120 Å². The SMILES string of the molecule is O=C(NC1CC2(CCNC2)C1)OCc1cc(C(=O)O)no1. The van der Waals surface area contributed by atoms with Crippen LogP contribution in [0.5, 0.6) is 0 Å². The Balaban J connectivity index is 1.39. The Morgan fingerprint density at radius 2 is 2.38 bits per heavy atom. The van der Waals surface area contributed by atoms with Crippen LogP contribution in [0.4, 0.5) is 4.79 Å². The van der Waals surface area contributed by atoms with Gasteiger partial charge >= 0.3 is 12.1 Å². The molecule has 21 heavy (non-hydrogen) atoms. The molecule has 0 aromatic carbocycles. The summed E-state index contributed by atoms with van der Waals surface area (Å²) in [5, 5.41) is 18.2. The van der Waals surface area contributed by atoms with Gasteiger partial charge in [-0.3, -0.25) is 0 Å². The van der Waals surface area contributed by atoms with Gasteiger partial charge in [-0.25, -0.2) is 9.59 Å². The molecule has 1 aliphatic heterocycles. The van der Waals surface area contributed by atoms with E-state index in [1.807, 2.05) is 0 Å². The van der Waals surface area contributed by atoms with E-state index < -0.39 is 12.1 Å². The third-order valence-corrected chi connectivity index (χ3v) is 4.14. The lowest BCUT2D eigenvalue weighted by Crippen LogP contribution is -2.51. The molecule has 0 unspecified atom stereocenters. The van der Waals surface area contributed by atoms with Crippen LogP contribution in [0.2, 0.25) is 0 Å². The van der Waals surface area contributed by atoms with Gasteiger partial charge in [-0.2, -0.15) is 0 Å². The molecule has 1 aromatic heterocycles. The van der Waals surface area contributed by atoms with Crippen molar-refractivity contribution in [1.29, 1.82) is 0 Å². The minimum Gasteiger partial charge on any atom is -0.476 e. The van der Waals surface area contributed by atoms with E-state index in [0.29, 0.717) is 5.41 Å². The summed E-state index contributed by atoms with van der Waals surface area (Å²) in [4.78, 5) is 22.3. The summed E-state index contributed by atoms with van der Waals surface area (Å²) in [5.41, 5.74) is 0.155. The molecule has 0 atom stereocenters. The second kappa shape index (κ2) is 5.36. The molecule has 0 bridgehead atoms. The fourth-order valence-corrected chi connectivity index (χ4v) is 3.06. The van der Waals surface area contributed by atoms with E-state index in [9.17, 15) is 9.59 Å². The van der Waals surface area contributed by atoms with Gasteiger partial charge < -0.3 is 25.0 Å². The quantitative estimate of drug-likeness (QED) is 0.750. The van der Waals surface area contributed by atoms with Crippen molar-refractivity contribution in [2.75, 3.05) is 13.1 Å². The maximum absolute atomic E-state index is 11.6. The van der Waals surface area contributed by atoms with Gasteiger partial charge in [0.2, 0.25) is 0 Å². The molecule has 1 saturated heterocycles. The molecule has 1 saturated carbocycles. The molecule has 2 fully saturated rings. The number of aromatic nitrogens is 1. The predicted octanol–water partition coefficient (Wildman–Crippen LogP) is 0.741. The molecular formula is C13H17N3O5. The van der Waals surface area contributed by atoms with Crippen LogP contribution >= 0.6 is 0 Å². The first-order valence-corrected chi connectivity index (χ1v) is 6.89. The molecule has 1 amide bonds. The summed E-state index contributed by atoms with van der Waals surface area (Å²) in [6, 6.07) is 1.39. The number of carboxylic acids is 1. The normalized spacial score (nSPS) is 27.3. The topological polar surface area (TPSA) is 114 Å². The molecule has 8 nitrogen and oxygen atoms in total. The molecule has 1 aliphatic carbocycles. The van der Waals surface area contributed by atoms with Crippen molar-refractivity contribution in [2.24, 2.45) is 5.41 Å². The average molecular weight is 295 g/mol. The van der Waals surface area contributed by atoms with Gasteiger partial charge in [0.05, 0.1) is 0 Å². The summed E-state index contributed by atoms with van der Waals surface area (Å²) < 4.78 is 9.74. The number of amides is 1. The summed E-state index contributed by atoms with van der Waals surface area (Å²) in [5.74, 6) is -0.980. The number of carboxylic acid groups (broad SMARTS) is 1. The maximum Gasteiger partial charge on any atom is 0.407 e. The Morgan fingerprint density at radius 1 is 1.57 bits per heavy atom. The second-order valence-corrected chi connectivity index (χ2v) is 5.74. The number of rotatable bonds is 4. The first-order valence-electron chi connectivity index (χ1n) is 6.89. The van der Waals surface area contributed by atoms with Crippen LogP contribution in [-0.4, -0.2) is 41.5 Å². The summed E-state index contributed by atoms with van der Waals surface area (Å²) >= 11 is 0. The van der Waals surface area contributed by atoms with E-state index in [2.05, 4.69) is 15.8 Å². The van der Waals surface area contributed by atoms with Crippen LogP contribution in [0.15, 0.2) is 10.6 Å². The van der Waals surface area contributed by atoms with Gasteiger partial charge in [-0.05, 0) is 31.2 Å². The summed E-state index contributed by atoms with van der Waals surface area (Å²) in [7, 11) is 0. The third kappa shape index (κ3) is 2.99. The van der Waals surface area contributed by atoms with Crippen molar-refractivity contribution in [3.8, 4) is 0 Å². The largest absolute Gasteiger partial charge is 0.476 e. The van der Waals surface area contributed by atoms with Crippen LogP contribution in [0.25, 0.3) is 0 Å². The zero-order valence-electron chi connectivity index (χ0n) is 11.4. The van der Waals surface area contributed by atoms with Crippen LogP contribution in [0.3, 0.4) is 0 Å². The fraction of sp³-hybridized carbons (Fsp3) is 0.615. The van der Waals surface area contributed by atoms with Gasteiger partial charge in [0, 0.05) is 18.7 Å². The van der Waals surface area contributed by atoms with E-state index in [1.54, 1.807) is 0 Å². The lowest BCUT2D eigenvalue weighted by Gasteiger charge is -2.44. The molecule has 0 radical (unpaired) electrons. The van der Waals surface area contributed by atoms with Gasteiger partial charge in [-0.1, -0.05) is 5.16 Å². The van der Waals surface area contributed by atoms with Gasteiger partial charge in [-0.15, -0.1) is 0 Å². The first-order chi connectivity index (χ1) is 10.1. The number of carbonyl (C=O) groups is 2. The molecule has 3 N–H and O–H groups in total. The lowest BCUT2D eigenvalue weighted by molar-refractivity contribution is 0.0683. The maximum atomic E-state index is 11.6. The zero-order valence-corrected chi connectivity index (χ0v) is 11.4. The number of nitrogens with one attached hydrogen (secondary N) is 2. The van der Waals surface area contributed by atoms with Crippen molar-refractivity contribution in [1.82, 2.24) is 15.8 Å². The molecule has 2 heterocycles. The Hall–Kier alpha value is -2.09. The minimum absolute atomic E-state index is 0.133. The number of hydrogen-bond acceptors (Lipinski definition) is 6. The standard InChI is InChI=1S/C13H17N3O5/c17-11(18)10-3-9(21-16-10)6-20-12(19)15-8-4-13(5-8)1-2-14-7-13/h3,8,14H,1-2,4-7H2,(H,15,19)(H,17,18). The number of hydrogen-bond donors (Lipinski definition) is 3. The number of ether oxygens (including phenoxy) is 1. The summed E-state index contributed by atoms with van der Waals surface area (Å²) in [6.45, 7) is 1.94. The lowest BCUT2D eigenvalue weighted by atomic mass is 9.65. The third-order valence-electron chi connectivity index (χ3n) is 4.14. The highest BCUT2D eigenvalue weighted by Gasteiger charge is 2.46. The number of alkyl carbamates (subject to hydrolysis) is 1. The first kappa shape index (κ1) is 13.9. The fourth-order valence-electron chi connectivity index (χ4n) is 3.06. The van der Waals surface area contributed by atoms with Crippen molar-refractivity contribution >= 4 is 12.1 Å². The molecule has 2 aliphatic rings. The monoisotopic (exact) mass is 295 g/mol. The molecule has 3 rings (SSSR count). The zero-order chi connectivity index (χ0) is 14.9. The molecule has 1 aromatic rings. The summed E-state index contributed by atoms with van der Waals surface area (Å²) in [6.07, 6.45) is 2.59. The van der Waals surface area contributed by atoms with Gasteiger partial charge in [0.25, 0.3) is 0 Å². The highest BCUT2D eigenvalue weighted by atomic mass is 16.6. The van der Waals surface area contributed by atoms with Crippen LogP contribution < -0.4 is 10.6 Å². The van der Waals surface area contributed by atoms with Gasteiger partial charge in [0.1, 0.15) is 0 Å². The van der Waals surface area contributed by atoms with Crippen molar-refractivity contribution < 1.29 is 24.0 Å². The molecule has 114 valence electrons. The number of nitrogens with zero attached hydrogens (tertiary/aromatic N) is 1. The van der Waals surface area contributed by atoms with E-state index in [1.165, 1.54) is 6.07 Å². The van der Waals surface area contributed by atoms with E-state index in [-0.39, 0.29) is 24.1 Å². The van der Waals surface area contributed by atoms with E-state index in [0.717, 1.165) is 32.4 Å². The minimum atomic E-state index is -1.18. The van der Waals surface area contributed by atoms with Crippen molar-refractivity contribution in [3.05, 3.63) is 17.5 Å². The Bertz CT molecular complexity index is 542. The highest BCUT2D eigenvalue weighted by Crippen LogP contribution is 2.45. The van der Waals surface area contributed by atoms with Crippen LogP contribution in [0, 0.1) is 5.41 Å². The second-order valence-electron chi connectivity index (χ2n) is 5.74. The number of carbonyl (C=O) groups excluding carboxylic acids is 1. The Kier molecular flexibility index (Phi) is 3.54. The Morgan fingerprint density at radius 3 is 3.00 bits per heavy atom. The van der Waals surface area contributed by atoms with E-state index in [4.69, 9.17) is 14.4 Å². The molecule has 1 spiro atoms. The predicted molar refractivity (Wildman–Crippen MR) is 69.7 cm³/mol. The highest BCUT2D eigenvalue weighted by molar-refractivity contribution is 5.85.